The monoisotopic (exact) mass is 479 g/mol. The highest BCUT2D eigenvalue weighted by atomic mass is 16.5. The van der Waals surface area contributed by atoms with Crippen LogP contribution in [0.1, 0.15) is 72.6 Å². The predicted octanol–water partition coefficient (Wildman–Crippen LogP) is 4.32. The lowest BCUT2D eigenvalue weighted by molar-refractivity contribution is -0.178. The Bertz CT molecular complexity index is 1110. The zero-order valence-electron chi connectivity index (χ0n) is 21.5. The Hall–Kier alpha value is -2.26. The van der Waals surface area contributed by atoms with Gasteiger partial charge in [0.1, 0.15) is 12.2 Å². The van der Waals surface area contributed by atoms with Gasteiger partial charge in [-0.2, -0.15) is 5.26 Å². The average Bonchev–Trinajstić information content (AvgIpc) is 2.81. The lowest BCUT2D eigenvalue weighted by Crippen LogP contribution is -2.61. The number of ether oxygens (including phenoxy) is 1. The molecule has 8 atom stereocenters. The van der Waals surface area contributed by atoms with E-state index in [4.69, 9.17) is 4.74 Å². The van der Waals surface area contributed by atoms with Gasteiger partial charge >= 0.3 is 5.97 Å². The van der Waals surface area contributed by atoms with Crippen molar-refractivity contribution in [3.05, 3.63) is 23.3 Å². The van der Waals surface area contributed by atoms with Gasteiger partial charge in [-0.05, 0) is 73.7 Å². The molecule has 3 saturated carbocycles. The number of fused-ring (bicyclic) bond motifs is 7. The lowest BCUT2D eigenvalue weighted by Gasteiger charge is -2.63. The molecule has 6 nitrogen and oxygen atoms in total. The fourth-order valence-corrected chi connectivity index (χ4v) is 9.08. The van der Waals surface area contributed by atoms with Crippen molar-refractivity contribution in [2.24, 2.45) is 45.3 Å². The molecule has 0 saturated heterocycles. The summed E-state index contributed by atoms with van der Waals surface area (Å²) in [6.45, 7) is 8.67. The molecule has 0 bridgehead atoms. The van der Waals surface area contributed by atoms with Crippen molar-refractivity contribution in [3.8, 4) is 6.07 Å². The molecule has 0 aromatic heterocycles. The maximum Gasteiger partial charge on any atom is 0.312 e. The van der Waals surface area contributed by atoms with Gasteiger partial charge in [0, 0.05) is 17.3 Å². The maximum absolute atomic E-state index is 14.0. The number of aliphatic hydroxyl groups is 1. The minimum atomic E-state index is -1.23. The second-order valence-corrected chi connectivity index (χ2v) is 13.1. The molecule has 0 radical (unpaired) electrons. The Morgan fingerprint density at radius 2 is 1.74 bits per heavy atom. The minimum absolute atomic E-state index is 0.0154. The Morgan fingerprint density at radius 1 is 1.06 bits per heavy atom. The fourth-order valence-electron chi connectivity index (χ4n) is 9.08. The van der Waals surface area contributed by atoms with E-state index >= 15 is 0 Å². The summed E-state index contributed by atoms with van der Waals surface area (Å²) in [5, 5.41) is 20.4. The normalized spacial score (nSPS) is 46.0. The largest absolute Gasteiger partial charge is 0.469 e. The molecule has 3 fully saturated rings. The minimum Gasteiger partial charge on any atom is -0.469 e. The van der Waals surface area contributed by atoms with Gasteiger partial charge in [0.2, 0.25) is 5.78 Å². The van der Waals surface area contributed by atoms with Crippen LogP contribution in [0.2, 0.25) is 0 Å². The zero-order valence-corrected chi connectivity index (χ0v) is 21.5. The van der Waals surface area contributed by atoms with Crippen molar-refractivity contribution in [1.29, 1.82) is 5.26 Å². The van der Waals surface area contributed by atoms with E-state index in [1.165, 1.54) is 7.11 Å². The van der Waals surface area contributed by atoms with Crippen molar-refractivity contribution in [2.75, 3.05) is 7.11 Å². The Balaban J connectivity index is 1.64. The van der Waals surface area contributed by atoms with Crippen LogP contribution in [0, 0.1) is 56.7 Å². The molecule has 188 valence electrons. The van der Waals surface area contributed by atoms with Crippen molar-refractivity contribution in [3.63, 3.8) is 0 Å². The molecule has 0 aromatic rings. The van der Waals surface area contributed by atoms with Crippen LogP contribution in [0.15, 0.2) is 23.3 Å². The number of Topliss-reactive ketones (excluding diaryl/α,β-unsaturated/α-hetero) is 1. The van der Waals surface area contributed by atoms with Gasteiger partial charge in [0.05, 0.1) is 18.1 Å². The molecular formula is C29H37NO5. The van der Waals surface area contributed by atoms with Crippen molar-refractivity contribution in [2.45, 2.75) is 78.7 Å². The van der Waals surface area contributed by atoms with E-state index in [9.17, 15) is 24.8 Å². The van der Waals surface area contributed by atoms with Gasteiger partial charge in [-0.25, -0.2) is 0 Å². The molecule has 0 amide bonds. The zero-order chi connectivity index (χ0) is 25.6. The third kappa shape index (κ3) is 3.13. The number of ketones is 2. The number of nitrogens with zero attached hydrogens (tertiary/aromatic N) is 1. The van der Waals surface area contributed by atoms with Crippen LogP contribution in [0.3, 0.4) is 0 Å². The topological polar surface area (TPSA) is 104 Å². The quantitative estimate of drug-likeness (QED) is 0.562. The number of nitriles is 1. The summed E-state index contributed by atoms with van der Waals surface area (Å²) >= 11 is 0. The number of hydrogen-bond donors (Lipinski definition) is 1. The van der Waals surface area contributed by atoms with Gasteiger partial charge in [0.25, 0.3) is 0 Å². The molecule has 5 aliphatic rings. The van der Waals surface area contributed by atoms with E-state index in [1.807, 2.05) is 13.0 Å². The number of hydrogen-bond acceptors (Lipinski definition) is 6. The molecule has 0 aromatic carbocycles. The Morgan fingerprint density at radius 3 is 2.40 bits per heavy atom. The first-order valence-corrected chi connectivity index (χ1v) is 13.0. The summed E-state index contributed by atoms with van der Waals surface area (Å²) in [4.78, 5) is 39.8. The molecule has 1 N–H and O–H groups in total. The molecule has 0 spiro atoms. The number of rotatable bonds is 1. The Labute approximate surface area is 207 Å². The molecule has 5 aliphatic carbocycles. The molecule has 0 heterocycles. The fraction of sp³-hybridized carbons (Fsp3) is 0.724. The van der Waals surface area contributed by atoms with Gasteiger partial charge in [-0.1, -0.05) is 39.3 Å². The van der Waals surface area contributed by atoms with E-state index in [0.29, 0.717) is 6.42 Å². The van der Waals surface area contributed by atoms with Crippen LogP contribution >= 0.6 is 0 Å². The van der Waals surface area contributed by atoms with E-state index in [1.54, 1.807) is 12.2 Å². The number of allylic oxidation sites excluding steroid dienone is 3. The van der Waals surface area contributed by atoms with Crippen molar-refractivity contribution >= 4 is 17.5 Å². The predicted molar refractivity (Wildman–Crippen MR) is 129 cm³/mol. The molecular weight excluding hydrogens is 442 g/mol. The summed E-state index contributed by atoms with van der Waals surface area (Å²) in [7, 11) is 1.46. The van der Waals surface area contributed by atoms with E-state index in [0.717, 1.165) is 44.1 Å². The molecule has 35 heavy (non-hydrogen) atoms. The van der Waals surface area contributed by atoms with E-state index in [-0.39, 0.29) is 51.8 Å². The number of esters is 1. The molecule has 6 heteroatoms. The third-order valence-electron chi connectivity index (χ3n) is 10.9. The van der Waals surface area contributed by atoms with Crippen LogP contribution in [0.4, 0.5) is 0 Å². The highest BCUT2D eigenvalue weighted by Crippen LogP contribution is 2.69. The number of carbonyl (C=O) groups excluding carboxylic acids is 3. The smallest absolute Gasteiger partial charge is 0.312 e. The third-order valence-corrected chi connectivity index (χ3v) is 10.9. The SMILES string of the molecule is COC(=O)[C@@]12CCC3C(C(=O)C=C4C5(C)C=C(C#N)C(=O)C(O)C5CCC43C)C1CC(C)(C)CC2. The van der Waals surface area contributed by atoms with E-state index in [2.05, 4.69) is 20.8 Å². The van der Waals surface area contributed by atoms with Crippen LogP contribution in [0.5, 0.6) is 0 Å². The average molecular weight is 480 g/mol. The second-order valence-electron chi connectivity index (χ2n) is 13.1. The standard InChI is InChI=1S/C29H37NO5/c1-26(2)10-11-29(25(34)35-5)9-7-17-22(19(29)14-26)20(31)12-21-27(17,3)8-6-18-24(33)23(32)16(15-30)13-28(18,21)4/h12-13,17-19,22,24,33H,6-11,14H2,1-5H3/t17?,18?,19?,22?,24?,27?,28?,29-/m1/s1. The van der Waals surface area contributed by atoms with Gasteiger partial charge in [0.15, 0.2) is 5.78 Å². The first kappa shape index (κ1) is 24.4. The molecule has 5 rings (SSSR count). The summed E-state index contributed by atoms with van der Waals surface area (Å²) < 4.78 is 5.33. The van der Waals surface area contributed by atoms with E-state index < -0.39 is 22.7 Å². The Kier molecular flexibility index (Phi) is 5.32. The summed E-state index contributed by atoms with van der Waals surface area (Å²) in [6, 6.07) is 1.98. The number of methoxy groups -OCH3 is 1. The van der Waals surface area contributed by atoms with Crippen LogP contribution in [-0.4, -0.2) is 35.9 Å². The first-order valence-electron chi connectivity index (χ1n) is 13.0. The maximum atomic E-state index is 14.0. The highest BCUT2D eigenvalue weighted by molar-refractivity contribution is 6.04. The molecule has 7 unspecified atom stereocenters. The highest BCUT2D eigenvalue weighted by Gasteiger charge is 2.66. The van der Waals surface area contributed by atoms with Crippen molar-refractivity contribution in [1.82, 2.24) is 0 Å². The number of carbonyl (C=O) groups is 3. The van der Waals surface area contributed by atoms with Crippen LogP contribution in [-0.2, 0) is 19.1 Å². The van der Waals surface area contributed by atoms with Crippen LogP contribution in [0.25, 0.3) is 0 Å². The summed E-state index contributed by atoms with van der Waals surface area (Å²) in [5.41, 5.74) is -0.645. The first-order chi connectivity index (χ1) is 16.3. The van der Waals surface area contributed by atoms with Crippen molar-refractivity contribution < 1.29 is 24.2 Å². The lowest BCUT2D eigenvalue weighted by atomic mass is 9.39. The summed E-state index contributed by atoms with van der Waals surface area (Å²) in [6.07, 6.45) is 7.70. The van der Waals surface area contributed by atoms with Gasteiger partial charge < -0.3 is 9.84 Å². The second kappa shape index (κ2) is 7.62. The number of aliphatic hydroxyl groups excluding tert-OH is 1. The van der Waals surface area contributed by atoms with Crippen LogP contribution < -0.4 is 0 Å². The molecule has 0 aliphatic heterocycles. The van der Waals surface area contributed by atoms with Gasteiger partial charge in [-0.15, -0.1) is 0 Å². The summed E-state index contributed by atoms with van der Waals surface area (Å²) in [5.74, 6) is -1.20. The van der Waals surface area contributed by atoms with Gasteiger partial charge in [-0.3, -0.25) is 14.4 Å².